The highest BCUT2D eigenvalue weighted by Gasteiger charge is 2.16. The number of carbonyl (C=O) groups excluding carboxylic acids is 3. The van der Waals surface area contributed by atoms with Gasteiger partial charge in [0.2, 0.25) is 5.91 Å². The van der Waals surface area contributed by atoms with Crippen LogP contribution >= 0.6 is 0 Å². The standard InChI is InChI=1S/C17H16N2O5S/c1-25(23)14-5-3-2-4-13(14)17(22)24-10-15(20)19-12-8-6-11(7-9-12)16(18)21/h2-9H,10H2,1H3,(H2,18,21)(H,19,20)/t25-/m0/s1. The minimum Gasteiger partial charge on any atom is -0.452 e. The molecule has 25 heavy (non-hydrogen) atoms. The zero-order valence-electron chi connectivity index (χ0n) is 13.4. The summed E-state index contributed by atoms with van der Waals surface area (Å²) in [6.45, 7) is -0.499. The molecule has 0 saturated carbocycles. The van der Waals surface area contributed by atoms with Crippen LogP contribution in [0.25, 0.3) is 0 Å². The highest BCUT2D eigenvalue weighted by atomic mass is 32.2. The van der Waals surface area contributed by atoms with Crippen molar-refractivity contribution >= 4 is 34.3 Å². The van der Waals surface area contributed by atoms with Gasteiger partial charge < -0.3 is 15.8 Å². The summed E-state index contributed by atoms with van der Waals surface area (Å²) < 4.78 is 16.6. The Morgan fingerprint density at radius 3 is 2.32 bits per heavy atom. The van der Waals surface area contributed by atoms with E-state index in [2.05, 4.69) is 5.32 Å². The molecule has 0 aromatic heterocycles. The Kier molecular flexibility index (Phi) is 6.02. The van der Waals surface area contributed by atoms with E-state index in [1.54, 1.807) is 18.2 Å². The molecule has 2 aromatic carbocycles. The van der Waals surface area contributed by atoms with E-state index in [9.17, 15) is 18.6 Å². The van der Waals surface area contributed by atoms with Crippen molar-refractivity contribution in [3.05, 3.63) is 59.7 Å². The van der Waals surface area contributed by atoms with Gasteiger partial charge >= 0.3 is 5.97 Å². The summed E-state index contributed by atoms with van der Waals surface area (Å²) in [5.41, 5.74) is 6.03. The number of primary amides is 1. The van der Waals surface area contributed by atoms with Crippen LogP contribution < -0.4 is 11.1 Å². The predicted molar refractivity (Wildman–Crippen MR) is 92.6 cm³/mol. The van der Waals surface area contributed by atoms with E-state index < -0.39 is 35.2 Å². The monoisotopic (exact) mass is 360 g/mol. The highest BCUT2D eigenvalue weighted by Crippen LogP contribution is 2.14. The molecule has 1 atom stereocenters. The third-order valence-electron chi connectivity index (χ3n) is 3.20. The normalized spacial score (nSPS) is 11.4. The lowest BCUT2D eigenvalue weighted by atomic mass is 10.2. The molecule has 0 spiro atoms. The average molecular weight is 360 g/mol. The largest absolute Gasteiger partial charge is 0.452 e. The van der Waals surface area contributed by atoms with Crippen molar-refractivity contribution in [2.24, 2.45) is 5.73 Å². The van der Waals surface area contributed by atoms with Crippen LogP contribution in [0.3, 0.4) is 0 Å². The maximum atomic E-state index is 12.1. The van der Waals surface area contributed by atoms with Crippen LogP contribution in [0.4, 0.5) is 5.69 Å². The van der Waals surface area contributed by atoms with Gasteiger partial charge in [-0.1, -0.05) is 12.1 Å². The Morgan fingerprint density at radius 2 is 1.72 bits per heavy atom. The molecule has 130 valence electrons. The molecule has 0 aliphatic carbocycles. The highest BCUT2D eigenvalue weighted by molar-refractivity contribution is 7.84. The fourth-order valence-electron chi connectivity index (χ4n) is 2.01. The molecule has 0 radical (unpaired) electrons. The number of benzene rings is 2. The number of anilines is 1. The first-order valence-corrected chi connectivity index (χ1v) is 8.73. The second-order valence-corrected chi connectivity index (χ2v) is 6.36. The molecular weight excluding hydrogens is 344 g/mol. The second-order valence-electron chi connectivity index (χ2n) is 5.02. The minimum absolute atomic E-state index is 0.155. The fourth-order valence-corrected chi connectivity index (χ4v) is 2.74. The molecule has 0 fully saturated rings. The van der Waals surface area contributed by atoms with Crippen molar-refractivity contribution in [3.8, 4) is 0 Å². The summed E-state index contributed by atoms with van der Waals surface area (Å²) in [5.74, 6) is -1.85. The molecule has 0 aliphatic rings. The van der Waals surface area contributed by atoms with Crippen molar-refractivity contribution in [1.29, 1.82) is 0 Å². The molecule has 0 aliphatic heterocycles. The lowest BCUT2D eigenvalue weighted by Gasteiger charge is -2.09. The molecule has 2 amide bonds. The van der Waals surface area contributed by atoms with E-state index in [4.69, 9.17) is 10.5 Å². The summed E-state index contributed by atoms with van der Waals surface area (Å²) in [7, 11) is -1.35. The van der Waals surface area contributed by atoms with Crippen LogP contribution in [-0.4, -0.2) is 34.9 Å². The summed E-state index contributed by atoms with van der Waals surface area (Å²) in [5, 5.41) is 2.52. The minimum atomic E-state index is -1.35. The number of nitrogens with two attached hydrogens (primary N) is 1. The van der Waals surface area contributed by atoms with Crippen LogP contribution in [0.15, 0.2) is 53.4 Å². The van der Waals surface area contributed by atoms with Gasteiger partial charge in [-0.15, -0.1) is 0 Å². The van der Waals surface area contributed by atoms with E-state index in [0.717, 1.165) is 0 Å². The number of hydrogen-bond acceptors (Lipinski definition) is 5. The molecule has 2 aromatic rings. The van der Waals surface area contributed by atoms with Crippen LogP contribution in [-0.2, 0) is 20.3 Å². The van der Waals surface area contributed by atoms with Crippen molar-refractivity contribution in [3.63, 3.8) is 0 Å². The van der Waals surface area contributed by atoms with E-state index in [0.29, 0.717) is 16.1 Å². The van der Waals surface area contributed by atoms with E-state index in [1.807, 2.05) is 0 Å². The molecule has 0 saturated heterocycles. The SMILES string of the molecule is C[S@](=O)c1ccccc1C(=O)OCC(=O)Nc1ccc(C(N)=O)cc1. The van der Waals surface area contributed by atoms with Crippen LogP contribution in [0.2, 0.25) is 0 Å². The first-order chi connectivity index (χ1) is 11.9. The zero-order chi connectivity index (χ0) is 18.4. The quantitative estimate of drug-likeness (QED) is 0.754. The van der Waals surface area contributed by atoms with Gasteiger partial charge in [-0.05, 0) is 36.4 Å². The van der Waals surface area contributed by atoms with Gasteiger partial charge in [0.1, 0.15) is 0 Å². The Morgan fingerprint density at radius 1 is 1.08 bits per heavy atom. The maximum absolute atomic E-state index is 12.1. The van der Waals surface area contributed by atoms with Crippen molar-refractivity contribution in [2.45, 2.75) is 4.90 Å². The van der Waals surface area contributed by atoms with Crippen molar-refractivity contribution < 1.29 is 23.3 Å². The smallest absolute Gasteiger partial charge is 0.339 e. The molecule has 0 bridgehead atoms. The third kappa shape index (κ3) is 4.98. The van der Waals surface area contributed by atoms with Crippen LogP contribution in [0.5, 0.6) is 0 Å². The molecule has 0 unspecified atom stereocenters. The van der Waals surface area contributed by atoms with Crippen molar-refractivity contribution in [2.75, 3.05) is 18.2 Å². The zero-order valence-corrected chi connectivity index (χ0v) is 14.2. The molecule has 7 nitrogen and oxygen atoms in total. The Bertz CT molecular complexity index is 833. The van der Waals surface area contributed by atoms with E-state index in [1.165, 1.54) is 36.6 Å². The lowest BCUT2D eigenvalue weighted by molar-refractivity contribution is -0.119. The molecule has 0 heterocycles. The number of esters is 1. The number of ether oxygens (including phenoxy) is 1. The first kappa shape index (κ1) is 18.3. The van der Waals surface area contributed by atoms with E-state index >= 15 is 0 Å². The Hall–Kier alpha value is -3.00. The molecule has 8 heteroatoms. The van der Waals surface area contributed by atoms with Gasteiger partial charge in [0.15, 0.2) is 6.61 Å². The Labute approximate surface area is 146 Å². The number of nitrogens with one attached hydrogen (secondary N) is 1. The predicted octanol–water partition coefficient (Wildman–Crippen LogP) is 1.32. The van der Waals surface area contributed by atoms with Crippen LogP contribution in [0, 0.1) is 0 Å². The second kappa shape index (κ2) is 8.20. The summed E-state index contributed by atoms with van der Waals surface area (Å²) >= 11 is 0. The number of carbonyl (C=O) groups is 3. The average Bonchev–Trinajstić information content (AvgIpc) is 2.60. The number of amides is 2. The summed E-state index contributed by atoms with van der Waals surface area (Å²) in [6, 6.07) is 12.3. The molecule has 3 N–H and O–H groups in total. The first-order valence-electron chi connectivity index (χ1n) is 7.18. The van der Waals surface area contributed by atoms with Crippen molar-refractivity contribution in [1.82, 2.24) is 0 Å². The number of rotatable bonds is 6. The van der Waals surface area contributed by atoms with Gasteiger partial charge in [-0.3, -0.25) is 13.8 Å². The molecular formula is C17H16N2O5S. The van der Waals surface area contributed by atoms with Gasteiger partial charge in [-0.25, -0.2) is 4.79 Å². The fraction of sp³-hybridized carbons (Fsp3) is 0.118. The van der Waals surface area contributed by atoms with Gasteiger partial charge in [-0.2, -0.15) is 0 Å². The third-order valence-corrected chi connectivity index (χ3v) is 4.18. The topological polar surface area (TPSA) is 116 Å². The van der Waals surface area contributed by atoms with Gasteiger partial charge in [0, 0.05) is 17.5 Å². The van der Waals surface area contributed by atoms with Gasteiger partial charge in [0.05, 0.1) is 21.3 Å². The van der Waals surface area contributed by atoms with E-state index in [-0.39, 0.29) is 5.56 Å². The van der Waals surface area contributed by atoms with Crippen LogP contribution in [0.1, 0.15) is 20.7 Å². The maximum Gasteiger partial charge on any atom is 0.339 e. The lowest BCUT2D eigenvalue weighted by Crippen LogP contribution is -2.21. The summed E-state index contributed by atoms with van der Waals surface area (Å²) in [4.78, 5) is 35.2. The van der Waals surface area contributed by atoms with Gasteiger partial charge in [0.25, 0.3) is 5.91 Å². The molecule has 2 rings (SSSR count). The summed E-state index contributed by atoms with van der Waals surface area (Å²) in [6.07, 6.45) is 1.45. The Balaban J connectivity index is 1.95. The number of hydrogen-bond donors (Lipinski definition) is 2.